The van der Waals surface area contributed by atoms with Crippen molar-refractivity contribution >= 4 is 16.3 Å². The molecule has 0 aliphatic rings. The fourth-order valence-corrected chi connectivity index (χ4v) is 3.61. The number of halogens is 1. The first kappa shape index (κ1) is 15.0. The molecule has 120 valence electrons. The van der Waals surface area contributed by atoms with Crippen LogP contribution >= 0.6 is 11.3 Å². The molecule has 0 radical (unpaired) electrons. The second-order valence-electron chi connectivity index (χ2n) is 5.90. The molecule has 0 aliphatic carbocycles. The second kappa shape index (κ2) is 5.79. The van der Waals surface area contributed by atoms with Crippen LogP contribution in [-0.2, 0) is 6.42 Å². The predicted octanol–water partition coefficient (Wildman–Crippen LogP) is 4.20. The summed E-state index contributed by atoms with van der Waals surface area (Å²) in [4.78, 5) is 0.765. The molecule has 0 fully saturated rings. The highest BCUT2D eigenvalue weighted by atomic mass is 32.1. The number of nitrogens with zero attached hydrogens (tertiary/aromatic N) is 4. The first-order chi connectivity index (χ1) is 11.6. The Morgan fingerprint density at radius 3 is 2.42 bits per heavy atom. The van der Waals surface area contributed by atoms with Gasteiger partial charge in [-0.3, -0.25) is 0 Å². The summed E-state index contributed by atoms with van der Waals surface area (Å²) in [6.07, 6.45) is 0.567. The molecular formula is C18H15FN4S. The molecule has 0 saturated carbocycles. The van der Waals surface area contributed by atoms with Crippen LogP contribution in [0.2, 0.25) is 0 Å². The van der Waals surface area contributed by atoms with Crippen LogP contribution in [0.4, 0.5) is 4.39 Å². The Kier molecular flexibility index (Phi) is 3.61. The number of hydrogen-bond donors (Lipinski definition) is 0. The minimum Gasteiger partial charge on any atom is -0.207 e. The quantitative estimate of drug-likeness (QED) is 0.562. The summed E-state index contributed by atoms with van der Waals surface area (Å²) in [5.74, 6) is 0.513. The van der Waals surface area contributed by atoms with E-state index < -0.39 is 0 Å². The maximum Gasteiger partial charge on any atom is 0.234 e. The highest BCUT2D eigenvalue weighted by Crippen LogP contribution is 2.27. The second-order valence-corrected chi connectivity index (χ2v) is 6.85. The zero-order chi connectivity index (χ0) is 16.7. The van der Waals surface area contributed by atoms with Crippen LogP contribution in [-0.4, -0.2) is 19.8 Å². The molecular weight excluding hydrogens is 323 g/mol. The van der Waals surface area contributed by atoms with Crippen LogP contribution in [0.25, 0.3) is 15.5 Å². The van der Waals surface area contributed by atoms with Crippen LogP contribution in [0.15, 0.2) is 42.5 Å². The van der Waals surface area contributed by atoms with Gasteiger partial charge in [0, 0.05) is 12.0 Å². The van der Waals surface area contributed by atoms with Gasteiger partial charge < -0.3 is 0 Å². The maximum absolute atomic E-state index is 13.0. The van der Waals surface area contributed by atoms with Gasteiger partial charge in [-0.05, 0) is 43.7 Å². The van der Waals surface area contributed by atoms with Gasteiger partial charge in [0.05, 0.1) is 0 Å². The molecule has 4 aromatic rings. The SMILES string of the molecule is Cc1cc(C)cc(-c2nn3c(Cc4ccc(F)cc4)nnc3s2)c1. The zero-order valence-corrected chi connectivity index (χ0v) is 14.1. The molecule has 0 saturated heterocycles. The van der Waals surface area contributed by atoms with Crippen molar-refractivity contribution in [2.45, 2.75) is 20.3 Å². The van der Waals surface area contributed by atoms with E-state index in [1.165, 1.54) is 34.6 Å². The molecule has 0 amide bonds. The summed E-state index contributed by atoms with van der Waals surface area (Å²) in [7, 11) is 0. The molecule has 4 nitrogen and oxygen atoms in total. The van der Waals surface area contributed by atoms with Crippen molar-refractivity contribution in [1.82, 2.24) is 19.8 Å². The lowest BCUT2D eigenvalue weighted by atomic mass is 10.1. The average molecular weight is 338 g/mol. The van der Waals surface area contributed by atoms with Crippen LogP contribution in [0.5, 0.6) is 0 Å². The molecule has 0 unspecified atom stereocenters. The third kappa shape index (κ3) is 2.80. The summed E-state index contributed by atoms with van der Waals surface area (Å²) in [6.45, 7) is 4.16. The summed E-state index contributed by atoms with van der Waals surface area (Å²) in [6, 6.07) is 12.8. The van der Waals surface area contributed by atoms with Crippen molar-refractivity contribution in [3.05, 3.63) is 70.8 Å². The minimum absolute atomic E-state index is 0.240. The van der Waals surface area contributed by atoms with Gasteiger partial charge in [0.2, 0.25) is 4.96 Å². The van der Waals surface area contributed by atoms with E-state index in [9.17, 15) is 4.39 Å². The maximum atomic E-state index is 13.0. The number of benzene rings is 2. The van der Waals surface area contributed by atoms with Gasteiger partial charge in [-0.2, -0.15) is 9.61 Å². The smallest absolute Gasteiger partial charge is 0.207 e. The van der Waals surface area contributed by atoms with E-state index in [1.54, 1.807) is 16.6 Å². The van der Waals surface area contributed by atoms with E-state index in [0.29, 0.717) is 6.42 Å². The van der Waals surface area contributed by atoms with Crippen LogP contribution in [0.1, 0.15) is 22.5 Å². The van der Waals surface area contributed by atoms with E-state index in [1.807, 2.05) is 0 Å². The van der Waals surface area contributed by atoms with Crippen molar-refractivity contribution < 1.29 is 4.39 Å². The molecule has 6 heteroatoms. The average Bonchev–Trinajstić information content (AvgIpc) is 3.10. The monoisotopic (exact) mass is 338 g/mol. The Morgan fingerprint density at radius 2 is 1.71 bits per heavy atom. The summed E-state index contributed by atoms with van der Waals surface area (Å²) >= 11 is 1.52. The zero-order valence-electron chi connectivity index (χ0n) is 13.3. The molecule has 0 bridgehead atoms. The molecule has 0 atom stereocenters. The lowest BCUT2D eigenvalue weighted by molar-refractivity contribution is 0.627. The summed E-state index contributed by atoms with van der Waals surface area (Å²) in [5, 5.41) is 14.0. The Bertz CT molecular complexity index is 997. The van der Waals surface area contributed by atoms with E-state index >= 15 is 0 Å². The van der Waals surface area contributed by atoms with Crippen molar-refractivity contribution in [2.24, 2.45) is 0 Å². The number of aromatic nitrogens is 4. The molecule has 2 aromatic heterocycles. The van der Waals surface area contributed by atoms with Crippen LogP contribution in [0.3, 0.4) is 0 Å². The van der Waals surface area contributed by atoms with Gasteiger partial charge in [0.15, 0.2) is 5.82 Å². The molecule has 0 aliphatic heterocycles. The van der Waals surface area contributed by atoms with Crippen LogP contribution in [0, 0.1) is 19.7 Å². The standard InChI is InChI=1S/C18H15FN4S/c1-11-7-12(2)9-14(8-11)17-22-23-16(20-21-18(23)24-17)10-13-3-5-15(19)6-4-13/h3-9H,10H2,1-2H3. The Labute approximate surface area is 142 Å². The normalized spacial score (nSPS) is 11.3. The Hall–Kier alpha value is -2.60. The summed E-state index contributed by atoms with van der Waals surface area (Å²) in [5.41, 5.74) is 4.49. The van der Waals surface area contributed by atoms with Crippen molar-refractivity contribution in [2.75, 3.05) is 0 Å². The van der Waals surface area contributed by atoms with Crippen molar-refractivity contribution in [3.8, 4) is 10.6 Å². The number of hydrogen-bond acceptors (Lipinski definition) is 4. The number of fused-ring (bicyclic) bond motifs is 1. The minimum atomic E-state index is -0.240. The third-order valence-corrected chi connectivity index (χ3v) is 4.75. The van der Waals surface area contributed by atoms with E-state index in [4.69, 9.17) is 0 Å². The first-order valence-corrected chi connectivity index (χ1v) is 8.44. The van der Waals surface area contributed by atoms with Gasteiger partial charge in [0.25, 0.3) is 0 Å². The predicted molar refractivity (Wildman–Crippen MR) is 92.8 cm³/mol. The number of aryl methyl sites for hydroxylation is 2. The molecule has 0 N–H and O–H groups in total. The number of rotatable bonds is 3. The Balaban J connectivity index is 1.71. The van der Waals surface area contributed by atoms with Gasteiger partial charge in [-0.15, -0.1) is 10.2 Å². The highest BCUT2D eigenvalue weighted by molar-refractivity contribution is 7.19. The molecule has 4 rings (SSSR count). The van der Waals surface area contributed by atoms with E-state index in [2.05, 4.69) is 47.3 Å². The fourth-order valence-electron chi connectivity index (χ4n) is 2.77. The van der Waals surface area contributed by atoms with Gasteiger partial charge in [-0.25, -0.2) is 4.39 Å². The van der Waals surface area contributed by atoms with Crippen LogP contribution < -0.4 is 0 Å². The fraction of sp³-hybridized carbons (Fsp3) is 0.167. The molecule has 0 spiro atoms. The largest absolute Gasteiger partial charge is 0.234 e. The topological polar surface area (TPSA) is 43.1 Å². The van der Waals surface area contributed by atoms with Crippen molar-refractivity contribution in [3.63, 3.8) is 0 Å². The molecule has 2 aromatic carbocycles. The van der Waals surface area contributed by atoms with Gasteiger partial charge >= 0.3 is 0 Å². The lowest BCUT2D eigenvalue weighted by Gasteiger charge is -2.01. The first-order valence-electron chi connectivity index (χ1n) is 7.63. The Morgan fingerprint density at radius 1 is 1.00 bits per heavy atom. The highest BCUT2D eigenvalue weighted by Gasteiger charge is 2.14. The van der Waals surface area contributed by atoms with E-state index in [0.717, 1.165) is 26.9 Å². The molecule has 24 heavy (non-hydrogen) atoms. The third-order valence-electron chi connectivity index (χ3n) is 3.80. The van der Waals surface area contributed by atoms with Gasteiger partial charge in [-0.1, -0.05) is 40.7 Å². The lowest BCUT2D eigenvalue weighted by Crippen LogP contribution is -1.98. The molecule has 2 heterocycles. The summed E-state index contributed by atoms with van der Waals surface area (Å²) < 4.78 is 14.8. The van der Waals surface area contributed by atoms with Gasteiger partial charge in [0.1, 0.15) is 10.8 Å². The van der Waals surface area contributed by atoms with Crippen molar-refractivity contribution in [1.29, 1.82) is 0 Å². The van der Waals surface area contributed by atoms with E-state index in [-0.39, 0.29) is 5.82 Å².